The van der Waals surface area contributed by atoms with E-state index in [2.05, 4.69) is 0 Å². The predicted octanol–water partition coefficient (Wildman–Crippen LogP) is 2.09. The number of piperidine rings is 1. The van der Waals surface area contributed by atoms with E-state index in [0.29, 0.717) is 12.8 Å². The van der Waals surface area contributed by atoms with E-state index >= 15 is 0 Å². The van der Waals surface area contributed by atoms with Crippen LogP contribution in [0.3, 0.4) is 0 Å². The van der Waals surface area contributed by atoms with Gasteiger partial charge in [0.15, 0.2) is 11.4 Å². The molecule has 3 heterocycles. The number of nitrogens with zero attached hydrogens (tertiary/aromatic N) is 3. The highest BCUT2D eigenvalue weighted by atomic mass is 19.3. The average molecular weight is 405 g/mol. The van der Waals surface area contributed by atoms with Crippen LogP contribution in [-0.2, 0) is 4.74 Å². The van der Waals surface area contributed by atoms with Gasteiger partial charge in [-0.15, -0.1) is 0 Å². The van der Waals surface area contributed by atoms with Crippen LogP contribution in [0, 0.1) is 0 Å². The second kappa shape index (κ2) is 7.47. The number of rotatable bonds is 4. The summed E-state index contributed by atoms with van der Waals surface area (Å²) in [6, 6.07) is 9.94. The molecule has 1 aromatic carbocycles. The van der Waals surface area contributed by atoms with Gasteiger partial charge in [0, 0.05) is 19.3 Å². The Kier molecular flexibility index (Phi) is 4.99. The molecule has 0 aliphatic carbocycles. The summed E-state index contributed by atoms with van der Waals surface area (Å²) in [6.45, 7) is -0.691. The highest BCUT2D eigenvalue weighted by Gasteiger charge is 2.47. The van der Waals surface area contributed by atoms with Crippen molar-refractivity contribution in [2.45, 2.75) is 37.6 Å². The van der Waals surface area contributed by atoms with Crippen LogP contribution in [0.25, 0.3) is 0 Å². The van der Waals surface area contributed by atoms with Crippen molar-refractivity contribution in [1.82, 2.24) is 9.58 Å². The van der Waals surface area contributed by atoms with Crippen molar-refractivity contribution < 1.29 is 23.4 Å². The Bertz CT molecular complexity index is 966. The van der Waals surface area contributed by atoms with E-state index in [1.807, 2.05) is 35.3 Å². The zero-order valence-electron chi connectivity index (χ0n) is 15.7. The first-order valence-electron chi connectivity index (χ1n) is 9.35. The van der Waals surface area contributed by atoms with Crippen LogP contribution in [0.1, 0.15) is 34.9 Å². The summed E-state index contributed by atoms with van der Waals surface area (Å²) in [4.78, 5) is 26.2. The van der Waals surface area contributed by atoms with Crippen molar-refractivity contribution in [3.8, 4) is 5.75 Å². The van der Waals surface area contributed by atoms with Gasteiger partial charge in [0.2, 0.25) is 5.43 Å². The van der Waals surface area contributed by atoms with Crippen LogP contribution in [0.4, 0.5) is 8.78 Å². The fourth-order valence-electron chi connectivity index (χ4n) is 4.21. The monoisotopic (exact) mass is 405 g/mol. The Morgan fingerprint density at radius 3 is 2.59 bits per heavy atom. The molecule has 0 spiro atoms. The molecule has 1 aromatic heterocycles. The smallest absolute Gasteiger partial charge is 0.277 e. The Labute approximate surface area is 165 Å². The number of amides is 1. The molecular formula is C20H21F2N3O4. The summed E-state index contributed by atoms with van der Waals surface area (Å²) in [5.41, 5.74) is 0.0188. The van der Waals surface area contributed by atoms with Crippen molar-refractivity contribution in [1.29, 1.82) is 0 Å². The lowest BCUT2D eigenvalue weighted by molar-refractivity contribution is -0.0599. The minimum atomic E-state index is -2.60. The number of benzene rings is 1. The second-order valence-corrected chi connectivity index (χ2v) is 7.19. The van der Waals surface area contributed by atoms with E-state index in [1.54, 1.807) is 7.05 Å². The molecule has 0 bridgehead atoms. The first-order valence-corrected chi connectivity index (χ1v) is 9.35. The van der Waals surface area contributed by atoms with Gasteiger partial charge in [0.05, 0.1) is 12.1 Å². The van der Waals surface area contributed by atoms with Crippen molar-refractivity contribution in [3.63, 3.8) is 0 Å². The maximum Gasteiger partial charge on any atom is 0.277 e. The molecule has 4 rings (SSSR count). The van der Waals surface area contributed by atoms with Gasteiger partial charge in [-0.25, -0.2) is 8.78 Å². The normalized spacial score (nSPS) is 23.9. The van der Waals surface area contributed by atoms with Crippen LogP contribution >= 0.6 is 0 Å². The summed E-state index contributed by atoms with van der Waals surface area (Å²) >= 11 is 0. The average Bonchev–Trinajstić information content (AvgIpc) is 2.72. The van der Waals surface area contributed by atoms with Crippen molar-refractivity contribution in [3.05, 3.63) is 64.1 Å². The van der Waals surface area contributed by atoms with Crippen LogP contribution in [0.5, 0.6) is 5.75 Å². The number of carbonyl (C=O) groups is 1. The molecule has 1 fully saturated rings. The highest BCUT2D eigenvalue weighted by Crippen LogP contribution is 2.39. The molecule has 2 aromatic rings. The molecule has 29 heavy (non-hydrogen) atoms. The van der Waals surface area contributed by atoms with E-state index in [1.165, 1.54) is 21.8 Å². The molecule has 154 valence electrons. The van der Waals surface area contributed by atoms with Gasteiger partial charge in [-0.3, -0.25) is 19.3 Å². The number of hydrogen-bond acceptors (Lipinski definition) is 5. The van der Waals surface area contributed by atoms with E-state index in [-0.39, 0.29) is 11.9 Å². The lowest BCUT2D eigenvalue weighted by atomic mass is 9.91. The number of alkyl halides is 2. The van der Waals surface area contributed by atoms with Gasteiger partial charge in [-0.05, 0) is 18.4 Å². The van der Waals surface area contributed by atoms with Crippen LogP contribution < -0.4 is 10.4 Å². The van der Waals surface area contributed by atoms with Crippen molar-refractivity contribution in [2.24, 2.45) is 0 Å². The summed E-state index contributed by atoms with van der Waals surface area (Å²) in [5.74, 6) is -1.11. The Hall–Kier alpha value is -2.94. The highest BCUT2D eigenvalue weighted by molar-refractivity contribution is 5.96. The van der Waals surface area contributed by atoms with Gasteiger partial charge in [-0.2, -0.15) is 0 Å². The van der Waals surface area contributed by atoms with E-state index in [9.17, 15) is 23.5 Å². The van der Waals surface area contributed by atoms with Crippen LogP contribution in [-0.4, -0.2) is 52.9 Å². The molecule has 0 radical (unpaired) electrons. The van der Waals surface area contributed by atoms with E-state index in [0.717, 1.165) is 5.56 Å². The first kappa shape index (κ1) is 19.4. The minimum absolute atomic E-state index is 0.147. The molecule has 1 N–H and O–H groups in total. The SMILES string of the molecule is CN1C(=O)c2c(O)c(=O)ccn2N2[C@H](c3ccccc3)[C@H](OCC(F)F)CC[C@@H]12. The maximum atomic E-state index is 12.8. The van der Waals surface area contributed by atoms with Gasteiger partial charge < -0.3 is 14.7 Å². The third-order valence-electron chi connectivity index (χ3n) is 5.50. The summed E-state index contributed by atoms with van der Waals surface area (Å²) in [7, 11) is 1.60. The molecule has 7 nitrogen and oxygen atoms in total. The van der Waals surface area contributed by atoms with E-state index < -0.39 is 42.3 Å². The maximum absolute atomic E-state index is 12.8. The fourth-order valence-corrected chi connectivity index (χ4v) is 4.21. The lowest BCUT2D eigenvalue weighted by Crippen LogP contribution is -2.65. The Morgan fingerprint density at radius 2 is 1.90 bits per heavy atom. The molecule has 3 atom stereocenters. The predicted molar refractivity (Wildman–Crippen MR) is 101 cm³/mol. The number of aromatic nitrogens is 1. The van der Waals surface area contributed by atoms with Crippen LogP contribution in [0.2, 0.25) is 0 Å². The number of halogens is 2. The van der Waals surface area contributed by atoms with Gasteiger partial charge in [0.25, 0.3) is 12.3 Å². The van der Waals surface area contributed by atoms with Crippen molar-refractivity contribution >= 4 is 5.91 Å². The quantitative estimate of drug-likeness (QED) is 0.843. The standard InChI is InChI=1S/C20H21F2N3O4/c1-23-16-8-7-14(29-11-15(21)22)17(12-5-3-2-4-6-12)25(16)24-10-9-13(26)19(27)18(24)20(23)28/h2-6,9-10,14-17,27H,7-8,11H2,1H3/t14-,16+,17-/m1/s1. The topological polar surface area (TPSA) is 75.0 Å². The van der Waals surface area contributed by atoms with Gasteiger partial charge in [0.1, 0.15) is 12.8 Å². The van der Waals surface area contributed by atoms with Gasteiger partial charge in [-0.1, -0.05) is 30.3 Å². The molecule has 2 aliphatic rings. The molecule has 1 amide bonds. The summed E-state index contributed by atoms with van der Waals surface area (Å²) < 4.78 is 32.7. The number of hydrogen-bond donors (Lipinski definition) is 1. The zero-order valence-corrected chi connectivity index (χ0v) is 15.7. The molecule has 2 aliphatic heterocycles. The van der Waals surface area contributed by atoms with Gasteiger partial charge >= 0.3 is 0 Å². The molecule has 0 saturated carbocycles. The Balaban J connectivity index is 1.86. The number of pyridine rings is 1. The first-order chi connectivity index (χ1) is 13.9. The second-order valence-electron chi connectivity index (χ2n) is 7.19. The van der Waals surface area contributed by atoms with E-state index in [4.69, 9.17) is 4.74 Å². The fraction of sp³-hybridized carbons (Fsp3) is 0.400. The molecule has 9 heteroatoms. The van der Waals surface area contributed by atoms with Crippen LogP contribution in [0.15, 0.2) is 47.4 Å². The minimum Gasteiger partial charge on any atom is -0.502 e. The lowest BCUT2D eigenvalue weighted by Gasteiger charge is -2.53. The number of aromatic hydroxyl groups is 1. The molecular weight excluding hydrogens is 384 g/mol. The summed E-state index contributed by atoms with van der Waals surface area (Å²) in [6.07, 6.45) is -1.13. The molecule has 0 unspecified atom stereocenters. The third kappa shape index (κ3) is 3.25. The zero-order chi connectivity index (χ0) is 20.7. The van der Waals surface area contributed by atoms with Crippen molar-refractivity contribution in [2.75, 3.05) is 18.7 Å². The number of carbonyl (C=O) groups excluding carboxylic acids is 1. The molecule has 1 saturated heterocycles. The summed E-state index contributed by atoms with van der Waals surface area (Å²) in [5, 5.41) is 12.1. The Morgan fingerprint density at radius 1 is 1.17 bits per heavy atom. The third-order valence-corrected chi connectivity index (χ3v) is 5.50. The number of fused-ring (bicyclic) bond motifs is 3. The number of ether oxygens (including phenoxy) is 1. The largest absolute Gasteiger partial charge is 0.502 e.